The summed E-state index contributed by atoms with van der Waals surface area (Å²) >= 11 is 0. The van der Waals surface area contributed by atoms with Crippen LogP contribution in [0.15, 0.2) is 12.2 Å². The van der Waals surface area contributed by atoms with E-state index in [2.05, 4.69) is 0 Å². The third-order valence-electron chi connectivity index (χ3n) is 3.38. The van der Waals surface area contributed by atoms with Gasteiger partial charge in [-0.05, 0) is 32.6 Å². The molecule has 80 valence electrons. The number of hydrogen-bond acceptors (Lipinski definition) is 3. The molecule has 2 heterocycles. The van der Waals surface area contributed by atoms with Gasteiger partial charge in [-0.3, -0.25) is 0 Å². The van der Waals surface area contributed by atoms with Crippen LogP contribution in [0.3, 0.4) is 0 Å². The van der Waals surface area contributed by atoms with Crippen molar-refractivity contribution in [2.75, 3.05) is 0 Å². The van der Waals surface area contributed by atoms with E-state index in [1.54, 1.807) is 12.2 Å². The summed E-state index contributed by atoms with van der Waals surface area (Å²) in [7, 11) is -2.91. The van der Waals surface area contributed by atoms with Gasteiger partial charge in [0.2, 0.25) is 0 Å². The summed E-state index contributed by atoms with van der Waals surface area (Å²) < 4.78 is 23.5. The minimum Gasteiger partial charge on any atom is -0.386 e. The molecule has 0 spiro atoms. The quantitative estimate of drug-likeness (QED) is 0.666. The Bertz CT molecular complexity index is 336. The van der Waals surface area contributed by atoms with E-state index in [0.717, 1.165) is 12.8 Å². The molecule has 2 rings (SSSR count). The number of sulfone groups is 1. The topological polar surface area (TPSA) is 54.4 Å². The molecule has 2 unspecified atom stereocenters. The van der Waals surface area contributed by atoms with Gasteiger partial charge in [0.15, 0.2) is 9.84 Å². The zero-order chi connectivity index (χ0) is 10.4. The van der Waals surface area contributed by atoms with Crippen LogP contribution < -0.4 is 0 Å². The van der Waals surface area contributed by atoms with E-state index in [1.807, 2.05) is 6.92 Å². The van der Waals surface area contributed by atoms with Crippen molar-refractivity contribution in [1.29, 1.82) is 0 Å². The second-order valence-corrected chi connectivity index (χ2v) is 6.93. The average molecular weight is 216 g/mol. The summed E-state index contributed by atoms with van der Waals surface area (Å²) in [5.74, 6) is 0. The minimum atomic E-state index is -2.91. The van der Waals surface area contributed by atoms with E-state index in [-0.39, 0.29) is 10.5 Å². The number of allylic oxidation sites excluding steroid dienone is 1. The van der Waals surface area contributed by atoms with Crippen molar-refractivity contribution in [3.8, 4) is 0 Å². The van der Waals surface area contributed by atoms with Gasteiger partial charge in [0.05, 0.1) is 16.1 Å². The number of hydrogen-bond donors (Lipinski definition) is 1. The van der Waals surface area contributed by atoms with Crippen LogP contribution in [-0.2, 0) is 9.84 Å². The van der Waals surface area contributed by atoms with E-state index < -0.39 is 15.4 Å². The fourth-order valence-corrected chi connectivity index (χ4v) is 5.24. The van der Waals surface area contributed by atoms with Crippen LogP contribution in [0.2, 0.25) is 0 Å². The predicted octanol–water partition coefficient (Wildman–Crippen LogP) is 1.03. The van der Waals surface area contributed by atoms with E-state index in [4.69, 9.17) is 0 Å². The molecule has 1 N–H and O–H groups in total. The van der Waals surface area contributed by atoms with Gasteiger partial charge in [-0.15, -0.1) is 0 Å². The maximum Gasteiger partial charge on any atom is 0.156 e. The molecule has 2 atom stereocenters. The molecule has 14 heavy (non-hydrogen) atoms. The zero-order valence-corrected chi connectivity index (χ0v) is 9.13. The molecule has 2 aliphatic heterocycles. The highest BCUT2D eigenvalue weighted by atomic mass is 32.2. The Hall–Kier alpha value is -0.350. The molecule has 2 bridgehead atoms. The zero-order valence-electron chi connectivity index (χ0n) is 8.31. The van der Waals surface area contributed by atoms with Gasteiger partial charge in [0, 0.05) is 0 Å². The SMILES string of the molecule is C/C=C\C1(O)CC2CCC(C1)S2(=O)=O. The van der Waals surface area contributed by atoms with Gasteiger partial charge < -0.3 is 5.11 Å². The van der Waals surface area contributed by atoms with Crippen LogP contribution in [0.1, 0.15) is 32.6 Å². The predicted molar refractivity (Wildman–Crippen MR) is 54.7 cm³/mol. The Labute approximate surface area is 84.7 Å². The minimum absolute atomic E-state index is 0.303. The van der Waals surface area contributed by atoms with Crippen molar-refractivity contribution in [2.24, 2.45) is 0 Å². The van der Waals surface area contributed by atoms with Crippen LogP contribution in [0.4, 0.5) is 0 Å². The molecule has 3 nitrogen and oxygen atoms in total. The molecule has 0 aromatic rings. The Morgan fingerprint density at radius 2 is 1.79 bits per heavy atom. The van der Waals surface area contributed by atoms with Crippen LogP contribution in [0, 0.1) is 0 Å². The summed E-state index contributed by atoms with van der Waals surface area (Å²) in [6.07, 6.45) is 5.77. The monoisotopic (exact) mass is 216 g/mol. The fourth-order valence-electron chi connectivity index (χ4n) is 2.73. The Morgan fingerprint density at radius 3 is 2.21 bits per heavy atom. The lowest BCUT2D eigenvalue weighted by Crippen LogP contribution is -2.43. The molecule has 0 radical (unpaired) electrons. The molecule has 0 saturated carbocycles. The molecule has 2 saturated heterocycles. The van der Waals surface area contributed by atoms with E-state index in [0.29, 0.717) is 12.8 Å². The second kappa shape index (κ2) is 3.07. The largest absolute Gasteiger partial charge is 0.386 e. The lowest BCUT2D eigenvalue weighted by molar-refractivity contribution is 0.0707. The van der Waals surface area contributed by atoms with Crippen LogP contribution in [-0.4, -0.2) is 29.6 Å². The second-order valence-electron chi connectivity index (χ2n) is 4.42. The Balaban J connectivity index is 2.30. The first kappa shape index (κ1) is 10.2. The molecule has 0 amide bonds. The molecular weight excluding hydrogens is 200 g/mol. The summed E-state index contributed by atoms with van der Waals surface area (Å²) in [6.45, 7) is 1.85. The number of rotatable bonds is 1. The first-order chi connectivity index (χ1) is 6.48. The van der Waals surface area contributed by atoms with Crippen LogP contribution >= 0.6 is 0 Å². The van der Waals surface area contributed by atoms with Gasteiger partial charge in [-0.2, -0.15) is 0 Å². The molecule has 0 aliphatic carbocycles. The van der Waals surface area contributed by atoms with E-state index in [9.17, 15) is 13.5 Å². The highest BCUT2D eigenvalue weighted by Crippen LogP contribution is 2.43. The van der Waals surface area contributed by atoms with E-state index >= 15 is 0 Å². The van der Waals surface area contributed by atoms with Gasteiger partial charge >= 0.3 is 0 Å². The van der Waals surface area contributed by atoms with Gasteiger partial charge in [-0.25, -0.2) is 8.42 Å². The van der Waals surface area contributed by atoms with Gasteiger partial charge in [0.25, 0.3) is 0 Å². The van der Waals surface area contributed by atoms with Crippen molar-refractivity contribution in [3.05, 3.63) is 12.2 Å². The number of fused-ring (bicyclic) bond motifs is 2. The Kier molecular flexibility index (Phi) is 2.23. The third-order valence-corrected chi connectivity index (χ3v) is 6.04. The summed E-state index contributed by atoms with van der Waals surface area (Å²) in [5.41, 5.74) is -0.869. The lowest BCUT2D eigenvalue weighted by atomic mass is 9.93. The van der Waals surface area contributed by atoms with Crippen LogP contribution in [0.5, 0.6) is 0 Å². The first-order valence-corrected chi connectivity index (χ1v) is 6.68. The third kappa shape index (κ3) is 1.41. The summed E-state index contributed by atoms with van der Waals surface area (Å²) in [4.78, 5) is 0. The van der Waals surface area contributed by atoms with Crippen molar-refractivity contribution in [3.63, 3.8) is 0 Å². The molecule has 2 aliphatic rings. The molecule has 0 aromatic heterocycles. The van der Waals surface area contributed by atoms with Crippen molar-refractivity contribution < 1.29 is 13.5 Å². The maximum atomic E-state index is 11.7. The fraction of sp³-hybridized carbons (Fsp3) is 0.800. The van der Waals surface area contributed by atoms with Gasteiger partial charge in [-0.1, -0.05) is 12.2 Å². The summed E-state index contributed by atoms with van der Waals surface area (Å²) in [5, 5.41) is 9.53. The Morgan fingerprint density at radius 1 is 1.29 bits per heavy atom. The molecule has 4 heteroatoms. The normalized spacial score (nSPS) is 45.9. The standard InChI is InChI=1S/C10H16O3S/c1-2-5-10(11)6-8-3-4-9(7-10)14(8,12)13/h2,5,8-9,11H,3-4,6-7H2,1H3/b5-2-. The smallest absolute Gasteiger partial charge is 0.156 e. The van der Waals surface area contributed by atoms with Gasteiger partial charge in [0.1, 0.15) is 0 Å². The van der Waals surface area contributed by atoms with E-state index in [1.165, 1.54) is 0 Å². The highest BCUT2D eigenvalue weighted by molar-refractivity contribution is 7.93. The van der Waals surface area contributed by atoms with Crippen molar-refractivity contribution >= 4 is 9.84 Å². The molecule has 2 fully saturated rings. The molecular formula is C10H16O3S. The highest BCUT2D eigenvalue weighted by Gasteiger charge is 2.51. The number of aliphatic hydroxyl groups is 1. The van der Waals surface area contributed by atoms with Crippen molar-refractivity contribution in [2.45, 2.75) is 48.7 Å². The molecule has 0 aromatic carbocycles. The first-order valence-electron chi connectivity index (χ1n) is 5.07. The maximum absolute atomic E-state index is 11.7. The average Bonchev–Trinajstić information content (AvgIpc) is 2.31. The lowest BCUT2D eigenvalue weighted by Gasteiger charge is -2.33. The van der Waals surface area contributed by atoms with Crippen molar-refractivity contribution in [1.82, 2.24) is 0 Å². The van der Waals surface area contributed by atoms with Crippen LogP contribution in [0.25, 0.3) is 0 Å². The summed E-state index contributed by atoms with van der Waals surface area (Å²) in [6, 6.07) is 0.